The minimum Gasteiger partial charge on any atom is -0.265 e. The van der Waals surface area contributed by atoms with E-state index in [1.807, 2.05) is 42.7 Å². The molecule has 49 heavy (non-hydrogen) atoms. The first-order chi connectivity index (χ1) is 24.0. The van der Waals surface area contributed by atoms with Gasteiger partial charge in [0, 0.05) is 34.5 Å². The largest absolute Gasteiger partial charge is 0.265 e. The van der Waals surface area contributed by atoms with Crippen LogP contribution >= 0.6 is 0 Å². The van der Waals surface area contributed by atoms with Gasteiger partial charge in [0.1, 0.15) is 0 Å². The van der Waals surface area contributed by atoms with Gasteiger partial charge in [0.2, 0.25) is 0 Å². The SMILES string of the molecule is CC1(C)c2cc3ccccc3cc2-c2c(-c3cc(-c4ccc(-c5cccc(-c6ccncc6)c5)cc4)nc(-c4ccccc4)n3)cccc21. The van der Waals surface area contributed by atoms with Crippen molar-refractivity contribution < 1.29 is 0 Å². The van der Waals surface area contributed by atoms with E-state index < -0.39 is 0 Å². The highest BCUT2D eigenvalue weighted by Gasteiger charge is 2.37. The Bertz CT molecular complexity index is 2500. The average Bonchev–Trinajstić information content (AvgIpc) is 3.39. The van der Waals surface area contributed by atoms with Gasteiger partial charge in [-0.25, -0.2) is 9.97 Å². The third-order valence-electron chi connectivity index (χ3n) is 9.99. The van der Waals surface area contributed by atoms with Crippen molar-refractivity contribution in [3.05, 3.63) is 175 Å². The van der Waals surface area contributed by atoms with Crippen LogP contribution in [0.1, 0.15) is 25.0 Å². The molecule has 0 atom stereocenters. The second kappa shape index (κ2) is 11.5. The normalized spacial score (nSPS) is 12.9. The summed E-state index contributed by atoms with van der Waals surface area (Å²) >= 11 is 0. The molecule has 0 bridgehead atoms. The van der Waals surface area contributed by atoms with Gasteiger partial charge in [-0.3, -0.25) is 4.98 Å². The highest BCUT2D eigenvalue weighted by atomic mass is 14.9. The molecular formula is C46H33N3. The number of benzene rings is 6. The molecule has 8 aromatic rings. The smallest absolute Gasteiger partial charge is 0.160 e. The fourth-order valence-electron chi connectivity index (χ4n) is 7.39. The van der Waals surface area contributed by atoms with Crippen molar-refractivity contribution in [1.29, 1.82) is 0 Å². The lowest BCUT2D eigenvalue weighted by atomic mass is 9.81. The van der Waals surface area contributed by atoms with Crippen LogP contribution in [0.25, 0.3) is 78.1 Å². The molecule has 0 saturated carbocycles. The maximum atomic E-state index is 5.25. The molecule has 9 rings (SSSR count). The Balaban J connectivity index is 1.18. The molecule has 3 nitrogen and oxygen atoms in total. The Morgan fingerprint density at radius 1 is 0.408 bits per heavy atom. The molecule has 1 aliphatic rings. The van der Waals surface area contributed by atoms with Crippen molar-refractivity contribution in [2.24, 2.45) is 0 Å². The zero-order valence-electron chi connectivity index (χ0n) is 27.4. The highest BCUT2D eigenvalue weighted by molar-refractivity contribution is 5.98. The van der Waals surface area contributed by atoms with E-state index in [0.717, 1.165) is 45.0 Å². The predicted octanol–water partition coefficient (Wildman–Crippen LogP) is 11.7. The fraction of sp³-hybridized carbons (Fsp3) is 0.0652. The van der Waals surface area contributed by atoms with Crippen LogP contribution in [-0.4, -0.2) is 15.0 Å². The van der Waals surface area contributed by atoms with Crippen molar-refractivity contribution in [2.75, 3.05) is 0 Å². The van der Waals surface area contributed by atoms with Gasteiger partial charge in [0.05, 0.1) is 11.4 Å². The molecule has 3 heteroatoms. The van der Waals surface area contributed by atoms with E-state index in [2.05, 4.69) is 140 Å². The lowest BCUT2D eigenvalue weighted by Crippen LogP contribution is -2.14. The van der Waals surface area contributed by atoms with E-state index in [1.165, 1.54) is 44.2 Å². The molecule has 0 fully saturated rings. The number of fused-ring (bicyclic) bond motifs is 4. The van der Waals surface area contributed by atoms with Crippen molar-refractivity contribution in [3.63, 3.8) is 0 Å². The Labute approximate surface area is 286 Å². The molecule has 1 aliphatic carbocycles. The summed E-state index contributed by atoms with van der Waals surface area (Å²) in [7, 11) is 0. The summed E-state index contributed by atoms with van der Waals surface area (Å²) in [6.07, 6.45) is 3.67. The Morgan fingerprint density at radius 3 is 1.78 bits per heavy atom. The van der Waals surface area contributed by atoms with Crippen molar-refractivity contribution >= 4 is 10.8 Å². The molecule has 0 aliphatic heterocycles. The van der Waals surface area contributed by atoms with Gasteiger partial charge in [-0.15, -0.1) is 0 Å². The number of rotatable bonds is 5. The van der Waals surface area contributed by atoms with Crippen molar-refractivity contribution in [2.45, 2.75) is 19.3 Å². The van der Waals surface area contributed by atoms with E-state index in [-0.39, 0.29) is 5.41 Å². The van der Waals surface area contributed by atoms with Gasteiger partial charge in [0.25, 0.3) is 0 Å². The van der Waals surface area contributed by atoms with Crippen LogP contribution in [0.5, 0.6) is 0 Å². The monoisotopic (exact) mass is 627 g/mol. The van der Waals surface area contributed by atoms with E-state index in [4.69, 9.17) is 9.97 Å². The summed E-state index contributed by atoms with van der Waals surface area (Å²) in [5.74, 6) is 0.718. The quantitative estimate of drug-likeness (QED) is 0.191. The second-order valence-electron chi connectivity index (χ2n) is 13.3. The van der Waals surface area contributed by atoms with Crippen LogP contribution in [0, 0.1) is 0 Å². The van der Waals surface area contributed by atoms with E-state index in [0.29, 0.717) is 0 Å². The molecule has 2 aromatic heterocycles. The third-order valence-corrected chi connectivity index (χ3v) is 9.99. The lowest BCUT2D eigenvalue weighted by Gasteiger charge is -2.22. The molecule has 0 unspecified atom stereocenters. The number of hydrogen-bond donors (Lipinski definition) is 0. The third kappa shape index (κ3) is 5.03. The van der Waals surface area contributed by atoms with Crippen LogP contribution < -0.4 is 0 Å². The first-order valence-electron chi connectivity index (χ1n) is 16.8. The minimum atomic E-state index is -0.132. The summed E-state index contributed by atoms with van der Waals surface area (Å²) < 4.78 is 0. The number of hydrogen-bond acceptors (Lipinski definition) is 3. The molecule has 0 radical (unpaired) electrons. The minimum absolute atomic E-state index is 0.132. The molecule has 2 heterocycles. The number of pyridine rings is 1. The van der Waals surface area contributed by atoms with Crippen LogP contribution in [0.3, 0.4) is 0 Å². The Morgan fingerprint density at radius 2 is 1.02 bits per heavy atom. The molecular weight excluding hydrogens is 595 g/mol. The van der Waals surface area contributed by atoms with Gasteiger partial charge >= 0.3 is 0 Å². The summed E-state index contributed by atoms with van der Waals surface area (Å²) in [6, 6.07) is 54.0. The topological polar surface area (TPSA) is 38.7 Å². The fourth-order valence-corrected chi connectivity index (χ4v) is 7.39. The summed E-state index contributed by atoms with van der Waals surface area (Å²) in [4.78, 5) is 14.6. The lowest BCUT2D eigenvalue weighted by molar-refractivity contribution is 0.661. The summed E-state index contributed by atoms with van der Waals surface area (Å²) in [5.41, 5.74) is 14.8. The molecule has 0 saturated heterocycles. The van der Waals surface area contributed by atoms with E-state index in [9.17, 15) is 0 Å². The first kappa shape index (κ1) is 29.0. The van der Waals surface area contributed by atoms with Gasteiger partial charge in [-0.1, -0.05) is 129 Å². The standard InChI is InChI=1S/C46H33N3/c1-46(2)40-17-9-16-38(44(40)39-27-36-12-6-7-13-37(36)28-41(39)46)43-29-42(48-45(49-43)33-10-4-3-5-11-33)32-20-18-30(19-21-32)34-14-8-15-35(26-34)31-22-24-47-25-23-31/h3-29H,1-2H3. The van der Waals surface area contributed by atoms with Crippen LogP contribution in [0.15, 0.2) is 164 Å². The van der Waals surface area contributed by atoms with Gasteiger partial charge < -0.3 is 0 Å². The molecule has 6 aromatic carbocycles. The molecule has 232 valence electrons. The maximum Gasteiger partial charge on any atom is 0.160 e. The second-order valence-corrected chi connectivity index (χ2v) is 13.3. The van der Waals surface area contributed by atoms with E-state index in [1.54, 1.807) is 0 Å². The maximum absolute atomic E-state index is 5.25. The summed E-state index contributed by atoms with van der Waals surface area (Å²) in [5, 5.41) is 2.52. The number of aromatic nitrogens is 3. The van der Waals surface area contributed by atoms with Crippen LogP contribution in [0.2, 0.25) is 0 Å². The van der Waals surface area contributed by atoms with Gasteiger partial charge in [-0.2, -0.15) is 0 Å². The Kier molecular flexibility index (Phi) is 6.80. The molecule has 0 amide bonds. The first-order valence-corrected chi connectivity index (χ1v) is 16.8. The van der Waals surface area contributed by atoms with Crippen molar-refractivity contribution in [1.82, 2.24) is 15.0 Å². The van der Waals surface area contributed by atoms with Crippen LogP contribution in [-0.2, 0) is 5.41 Å². The molecule has 0 spiro atoms. The molecule has 0 N–H and O–H groups in total. The summed E-state index contributed by atoms with van der Waals surface area (Å²) in [6.45, 7) is 4.68. The zero-order chi connectivity index (χ0) is 33.0. The Hall–Kier alpha value is -6.19. The average molecular weight is 628 g/mol. The highest BCUT2D eigenvalue weighted by Crippen LogP contribution is 2.53. The number of nitrogens with zero attached hydrogens (tertiary/aromatic N) is 3. The van der Waals surface area contributed by atoms with Crippen molar-refractivity contribution in [3.8, 4) is 67.3 Å². The van der Waals surface area contributed by atoms with E-state index >= 15 is 0 Å². The van der Waals surface area contributed by atoms with Gasteiger partial charge in [0.15, 0.2) is 5.82 Å². The predicted molar refractivity (Wildman–Crippen MR) is 202 cm³/mol. The zero-order valence-corrected chi connectivity index (χ0v) is 27.4. The van der Waals surface area contributed by atoms with Gasteiger partial charge in [-0.05, 0) is 91.7 Å². The van der Waals surface area contributed by atoms with Crippen LogP contribution in [0.4, 0.5) is 0 Å².